The second-order valence-corrected chi connectivity index (χ2v) is 5.29. The van der Waals surface area contributed by atoms with Gasteiger partial charge in [-0.25, -0.2) is 0 Å². The molecule has 1 aliphatic heterocycles. The zero-order valence-corrected chi connectivity index (χ0v) is 12.0. The summed E-state index contributed by atoms with van der Waals surface area (Å²) in [6, 6.07) is 0. The molecule has 19 heavy (non-hydrogen) atoms. The van der Waals surface area contributed by atoms with Crippen LogP contribution in [0.1, 0.15) is 51.4 Å². The second-order valence-electron chi connectivity index (χ2n) is 5.29. The Morgan fingerprint density at radius 3 is 2.42 bits per heavy atom. The number of amides is 1. The van der Waals surface area contributed by atoms with Crippen molar-refractivity contribution in [1.29, 1.82) is 0 Å². The minimum absolute atomic E-state index is 0.386. The van der Waals surface area contributed by atoms with E-state index in [-0.39, 0.29) is 5.91 Å². The van der Waals surface area contributed by atoms with Crippen molar-refractivity contribution in [3.8, 4) is 0 Å². The lowest BCUT2D eigenvalue weighted by Crippen LogP contribution is -2.20. The molecule has 0 aliphatic carbocycles. The van der Waals surface area contributed by atoms with Crippen LogP contribution in [0, 0.1) is 0 Å². The van der Waals surface area contributed by atoms with Gasteiger partial charge < -0.3 is 10.6 Å². The highest BCUT2D eigenvalue weighted by molar-refractivity contribution is 5.85. The molecule has 3 nitrogen and oxygen atoms in total. The molecule has 0 aromatic heterocycles. The third-order valence-corrected chi connectivity index (χ3v) is 3.55. The highest BCUT2D eigenvalue weighted by Crippen LogP contribution is 2.10. The molecule has 108 valence electrons. The van der Waals surface area contributed by atoms with E-state index in [1.54, 1.807) is 6.08 Å². The summed E-state index contributed by atoms with van der Waals surface area (Å²) in [5, 5.41) is 0. The topological polar surface area (TPSA) is 46.3 Å². The van der Waals surface area contributed by atoms with Crippen LogP contribution in [-0.4, -0.2) is 30.4 Å². The summed E-state index contributed by atoms with van der Waals surface area (Å²) < 4.78 is 0. The zero-order chi connectivity index (χ0) is 13.8. The van der Waals surface area contributed by atoms with Gasteiger partial charge in [0.25, 0.3) is 0 Å². The van der Waals surface area contributed by atoms with Gasteiger partial charge in [-0.15, -0.1) is 0 Å². The van der Waals surface area contributed by atoms with E-state index in [1.165, 1.54) is 70.7 Å². The van der Waals surface area contributed by atoms with Crippen molar-refractivity contribution in [2.24, 2.45) is 5.73 Å². The SMILES string of the molecule is NC(=O)C=CC=CCCCCCCCN1CCCC1. The van der Waals surface area contributed by atoms with Crippen molar-refractivity contribution in [3.63, 3.8) is 0 Å². The van der Waals surface area contributed by atoms with Crippen molar-refractivity contribution in [2.75, 3.05) is 19.6 Å². The molecular weight excluding hydrogens is 236 g/mol. The van der Waals surface area contributed by atoms with Gasteiger partial charge in [-0.05, 0) is 51.7 Å². The van der Waals surface area contributed by atoms with Gasteiger partial charge in [-0.2, -0.15) is 0 Å². The molecular formula is C16H28N2O. The molecule has 2 N–H and O–H groups in total. The summed E-state index contributed by atoms with van der Waals surface area (Å²) in [6.07, 6.45) is 17.6. The molecule has 0 aromatic rings. The van der Waals surface area contributed by atoms with E-state index in [0.717, 1.165) is 6.42 Å². The Bertz CT molecular complexity index is 291. The first-order chi connectivity index (χ1) is 9.29. The molecule has 1 heterocycles. The predicted octanol–water partition coefficient (Wildman–Crippen LogP) is 3.02. The summed E-state index contributed by atoms with van der Waals surface area (Å²) in [6.45, 7) is 3.95. The van der Waals surface area contributed by atoms with Crippen LogP contribution < -0.4 is 5.73 Å². The number of carbonyl (C=O) groups excluding carboxylic acids is 1. The van der Waals surface area contributed by atoms with Crippen LogP contribution in [0.15, 0.2) is 24.3 Å². The van der Waals surface area contributed by atoms with Gasteiger partial charge in [0.15, 0.2) is 0 Å². The van der Waals surface area contributed by atoms with Crippen molar-refractivity contribution < 1.29 is 4.79 Å². The van der Waals surface area contributed by atoms with Gasteiger partial charge in [0.05, 0.1) is 0 Å². The lowest BCUT2D eigenvalue weighted by molar-refractivity contribution is -0.113. The van der Waals surface area contributed by atoms with Crippen molar-refractivity contribution in [2.45, 2.75) is 51.4 Å². The van der Waals surface area contributed by atoms with Crippen LogP contribution in [0.2, 0.25) is 0 Å². The number of unbranched alkanes of at least 4 members (excludes halogenated alkanes) is 5. The Kier molecular flexibility index (Phi) is 9.07. The van der Waals surface area contributed by atoms with Gasteiger partial charge in [0.1, 0.15) is 0 Å². The largest absolute Gasteiger partial charge is 0.366 e. The number of rotatable bonds is 10. The summed E-state index contributed by atoms with van der Waals surface area (Å²) in [5.41, 5.74) is 4.98. The molecule has 0 atom stereocenters. The summed E-state index contributed by atoms with van der Waals surface area (Å²) >= 11 is 0. The Balaban J connectivity index is 1.81. The van der Waals surface area contributed by atoms with Crippen molar-refractivity contribution >= 4 is 5.91 Å². The van der Waals surface area contributed by atoms with E-state index in [9.17, 15) is 4.79 Å². The van der Waals surface area contributed by atoms with Crippen LogP contribution in [0.5, 0.6) is 0 Å². The number of likely N-dealkylation sites (tertiary alicyclic amines) is 1. The van der Waals surface area contributed by atoms with E-state index in [2.05, 4.69) is 11.0 Å². The smallest absolute Gasteiger partial charge is 0.241 e. The number of primary amides is 1. The fourth-order valence-corrected chi connectivity index (χ4v) is 2.46. The maximum absolute atomic E-state index is 10.4. The fraction of sp³-hybridized carbons (Fsp3) is 0.688. The molecule has 0 saturated carbocycles. The predicted molar refractivity (Wildman–Crippen MR) is 80.9 cm³/mol. The molecule has 1 amide bonds. The van der Waals surface area contributed by atoms with Gasteiger partial charge in [-0.3, -0.25) is 4.79 Å². The summed E-state index contributed by atoms with van der Waals surface area (Å²) in [4.78, 5) is 13.0. The molecule has 0 bridgehead atoms. The van der Waals surface area contributed by atoms with Crippen LogP contribution in [-0.2, 0) is 4.79 Å². The van der Waals surface area contributed by atoms with Crippen LogP contribution in [0.3, 0.4) is 0 Å². The molecule has 1 rings (SSSR count). The van der Waals surface area contributed by atoms with E-state index in [0.29, 0.717) is 0 Å². The van der Waals surface area contributed by atoms with Crippen molar-refractivity contribution in [3.05, 3.63) is 24.3 Å². The highest BCUT2D eigenvalue weighted by atomic mass is 16.1. The first-order valence-electron chi connectivity index (χ1n) is 7.64. The number of hydrogen-bond donors (Lipinski definition) is 1. The van der Waals surface area contributed by atoms with Gasteiger partial charge >= 0.3 is 0 Å². The van der Waals surface area contributed by atoms with E-state index in [1.807, 2.05) is 6.08 Å². The first kappa shape index (κ1) is 16.0. The van der Waals surface area contributed by atoms with Crippen LogP contribution >= 0.6 is 0 Å². The Labute approximate surface area is 117 Å². The second kappa shape index (κ2) is 10.8. The molecule has 0 spiro atoms. The highest BCUT2D eigenvalue weighted by Gasteiger charge is 2.09. The molecule has 1 aliphatic rings. The van der Waals surface area contributed by atoms with E-state index in [4.69, 9.17) is 5.73 Å². The molecule has 0 radical (unpaired) electrons. The van der Waals surface area contributed by atoms with Crippen molar-refractivity contribution in [1.82, 2.24) is 4.90 Å². The van der Waals surface area contributed by atoms with E-state index < -0.39 is 0 Å². The first-order valence-corrected chi connectivity index (χ1v) is 7.64. The summed E-state index contributed by atoms with van der Waals surface area (Å²) in [7, 11) is 0. The fourth-order valence-electron chi connectivity index (χ4n) is 2.46. The average molecular weight is 264 g/mol. The number of allylic oxidation sites excluding steroid dienone is 3. The normalized spacial score (nSPS) is 16.8. The Morgan fingerprint density at radius 2 is 1.68 bits per heavy atom. The minimum Gasteiger partial charge on any atom is -0.366 e. The third-order valence-electron chi connectivity index (χ3n) is 3.55. The number of nitrogens with zero attached hydrogens (tertiary/aromatic N) is 1. The molecule has 1 fully saturated rings. The van der Waals surface area contributed by atoms with Crippen LogP contribution in [0.25, 0.3) is 0 Å². The quantitative estimate of drug-likeness (QED) is 0.374. The molecule has 0 aromatic carbocycles. The van der Waals surface area contributed by atoms with E-state index >= 15 is 0 Å². The lowest BCUT2D eigenvalue weighted by Gasteiger charge is -2.13. The zero-order valence-electron chi connectivity index (χ0n) is 12.0. The Hall–Kier alpha value is -1.09. The monoisotopic (exact) mass is 264 g/mol. The van der Waals surface area contributed by atoms with Gasteiger partial charge in [0, 0.05) is 6.08 Å². The van der Waals surface area contributed by atoms with Crippen LogP contribution in [0.4, 0.5) is 0 Å². The average Bonchev–Trinajstić information content (AvgIpc) is 2.88. The maximum Gasteiger partial charge on any atom is 0.241 e. The third kappa shape index (κ3) is 9.48. The van der Waals surface area contributed by atoms with Gasteiger partial charge in [0.2, 0.25) is 5.91 Å². The molecule has 3 heteroatoms. The molecule has 1 saturated heterocycles. The maximum atomic E-state index is 10.4. The number of hydrogen-bond acceptors (Lipinski definition) is 2. The number of nitrogens with two attached hydrogens (primary N) is 1. The number of carbonyl (C=O) groups is 1. The Morgan fingerprint density at radius 1 is 1.00 bits per heavy atom. The summed E-state index contributed by atoms with van der Waals surface area (Å²) in [5.74, 6) is -0.386. The van der Waals surface area contributed by atoms with Gasteiger partial charge in [-0.1, -0.05) is 37.5 Å². The standard InChI is InChI=1S/C16H28N2O/c17-16(19)12-8-6-4-2-1-3-5-7-9-13-18-14-10-11-15-18/h4,6,8,12H,1-3,5,7,9-11,13-15H2,(H2,17,19). The lowest BCUT2D eigenvalue weighted by atomic mass is 10.1. The molecule has 0 unspecified atom stereocenters. The minimum atomic E-state index is -0.386.